The van der Waals surface area contributed by atoms with Crippen LogP contribution in [0.25, 0.3) is 0 Å². The number of hydrogen-bond donors (Lipinski definition) is 1. The normalized spacial score (nSPS) is 20.3. The summed E-state index contributed by atoms with van der Waals surface area (Å²) in [4.78, 5) is 3.86. The van der Waals surface area contributed by atoms with Gasteiger partial charge in [-0.1, -0.05) is 24.8 Å². The molecule has 1 aromatic heterocycles. The van der Waals surface area contributed by atoms with E-state index in [0.717, 1.165) is 24.3 Å². The fourth-order valence-electron chi connectivity index (χ4n) is 3.92. The van der Waals surface area contributed by atoms with Gasteiger partial charge in [-0.25, -0.2) is 18.4 Å². The lowest BCUT2D eigenvalue weighted by Crippen LogP contribution is -2.43. The molecule has 0 bridgehead atoms. The maximum absolute atomic E-state index is 14.7. The van der Waals surface area contributed by atoms with E-state index in [-0.39, 0.29) is 30.6 Å². The third-order valence-electron chi connectivity index (χ3n) is 5.99. The predicted octanol–water partition coefficient (Wildman–Crippen LogP) is 4.93. The molecule has 0 spiro atoms. The van der Waals surface area contributed by atoms with Gasteiger partial charge in [0.2, 0.25) is 0 Å². The Balaban J connectivity index is 1.34. The Morgan fingerprint density at radius 3 is 2.49 bits per heavy atom. The first-order valence-electron chi connectivity index (χ1n) is 11.8. The summed E-state index contributed by atoms with van der Waals surface area (Å²) in [6.07, 6.45) is 0.686. The highest BCUT2D eigenvalue weighted by molar-refractivity contribution is 8.00. The molecule has 1 aliphatic rings. The topological polar surface area (TPSA) is 69.4 Å². The number of nitrogens with zero attached hydrogens (tertiary/aromatic N) is 3. The zero-order valence-corrected chi connectivity index (χ0v) is 21.4. The molecule has 206 valence electrons. The average molecular weight is 566 g/mol. The summed E-state index contributed by atoms with van der Waals surface area (Å²) in [5.74, 6) is 3.85. The monoisotopic (exact) mass is 565 g/mol. The van der Waals surface area contributed by atoms with Crippen LogP contribution in [0.4, 0.5) is 22.0 Å². The Morgan fingerprint density at radius 1 is 1.15 bits per heavy atom. The molecule has 3 aromatic rings. The van der Waals surface area contributed by atoms with Gasteiger partial charge in [0.15, 0.2) is 6.29 Å². The fourth-order valence-corrected chi connectivity index (χ4v) is 5.24. The number of benzene rings is 2. The van der Waals surface area contributed by atoms with E-state index in [4.69, 9.17) is 9.47 Å². The van der Waals surface area contributed by atoms with Crippen LogP contribution in [0.1, 0.15) is 23.6 Å². The lowest BCUT2D eigenvalue weighted by molar-refractivity contribution is -0.146. The number of halogens is 5. The molecule has 1 fully saturated rings. The number of alkyl halides is 3. The molecule has 0 radical (unpaired) electrons. The van der Waals surface area contributed by atoms with Gasteiger partial charge in [-0.05, 0) is 42.5 Å². The Morgan fingerprint density at radius 2 is 1.87 bits per heavy atom. The smallest absolute Gasteiger partial charge is 0.382 e. The Bertz CT molecular complexity index is 1330. The molecule has 2 aromatic carbocycles. The Hall–Kier alpha value is -3.24. The van der Waals surface area contributed by atoms with Crippen molar-refractivity contribution in [1.82, 2.24) is 14.8 Å². The molecule has 6 nitrogen and oxygen atoms in total. The number of ether oxygens (including phenoxy) is 2. The summed E-state index contributed by atoms with van der Waals surface area (Å²) >= 11 is 1.33. The fraction of sp³-hybridized carbons (Fsp3) is 0.333. The van der Waals surface area contributed by atoms with Crippen molar-refractivity contribution in [3.05, 3.63) is 95.6 Å². The van der Waals surface area contributed by atoms with Crippen LogP contribution >= 0.6 is 11.8 Å². The van der Waals surface area contributed by atoms with E-state index in [2.05, 4.69) is 21.9 Å². The van der Waals surface area contributed by atoms with E-state index in [1.807, 2.05) is 0 Å². The third kappa shape index (κ3) is 7.45. The first-order valence-corrected chi connectivity index (χ1v) is 12.7. The molecule has 2 atom stereocenters. The van der Waals surface area contributed by atoms with Crippen molar-refractivity contribution in [1.29, 1.82) is 0 Å². The summed E-state index contributed by atoms with van der Waals surface area (Å²) in [6.45, 7) is 2.15. The van der Waals surface area contributed by atoms with Crippen molar-refractivity contribution in [3.8, 4) is 11.8 Å². The molecule has 0 aliphatic carbocycles. The maximum atomic E-state index is 14.7. The number of aliphatic hydroxyl groups is 1. The summed E-state index contributed by atoms with van der Waals surface area (Å²) in [6, 6.07) is 7.56. The van der Waals surface area contributed by atoms with Gasteiger partial charge in [0.25, 0.3) is 0 Å². The largest absolute Gasteiger partial charge is 0.416 e. The molecular weight excluding hydrogens is 541 g/mol. The highest BCUT2D eigenvalue weighted by Gasteiger charge is 2.41. The van der Waals surface area contributed by atoms with Gasteiger partial charge < -0.3 is 14.6 Å². The van der Waals surface area contributed by atoms with Crippen LogP contribution in [0, 0.1) is 23.5 Å². The number of aromatic nitrogens is 3. The van der Waals surface area contributed by atoms with Gasteiger partial charge in [0.1, 0.15) is 29.9 Å². The SMILES string of the molecule is C[C@@H](S[C@H]1CO[C@H](/C=C/C#Cc2ccc(C(F)(F)F)cc2)OC1)[C@](O)(Cn1cncn1)c1ccc(F)cc1F. The van der Waals surface area contributed by atoms with Crippen LogP contribution in [-0.4, -0.2) is 49.9 Å². The van der Waals surface area contributed by atoms with Crippen LogP contribution in [-0.2, 0) is 27.8 Å². The molecule has 4 rings (SSSR count). The van der Waals surface area contributed by atoms with Gasteiger partial charge in [0, 0.05) is 22.4 Å². The minimum Gasteiger partial charge on any atom is -0.382 e. The van der Waals surface area contributed by atoms with Crippen molar-refractivity contribution in [2.75, 3.05) is 13.2 Å². The van der Waals surface area contributed by atoms with E-state index in [1.165, 1.54) is 53.4 Å². The number of rotatable bonds is 7. The van der Waals surface area contributed by atoms with Crippen LogP contribution in [0.5, 0.6) is 0 Å². The summed E-state index contributed by atoms with van der Waals surface area (Å²) in [5, 5.41) is 14.9. The number of hydrogen-bond acceptors (Lipinski definition) is 6. The van der Waals surface area contributed by atoms with Gasteiger partial charge >= 0.3 is 6.18 Å². The zero-order valence-electron chi connectivity index (χ0n) is 20.6. The molecule has 2 heterocycles. The minimum absolute atomic E-state index is 0.0653. The lowest BCUT2D eigenvalue weighted by atomic mass is 9.90. The first-order chi connectivity index (χ1) is 18.5. The van der Waals surface area contributed by atoms with Crippen molar-refractivity contribution in [2.45, 2.75) is 42.0 Å². The van der Waals surface area contributed by atoms with Crippen LogP contribution in [0.2, 0.25) is 0 Å². The van der Waals surface area contributed by atoms with Crippen LogP contribution < -0.4 is 0 Å². The van der Waals surface area contributed by atoms with E-state index < -0.39 is 40.5 Å². The quantitative estimate of drug-likeness (QED) is 0.324. The van der Waals surface area contributed by atoms with E-state index in [1.54, 1.807) is 13.0 Å². The molecule has 0 saturated carbocycles. The van der Waals surface area contributed by atoms with Gasteiger partial charge in [0.05, 0.1) is 30.6 Å². The zero-order chi connectivity index (χ0) is 28.0. The van der Waals surface area contributed by atoms with Gasteiger partial charge in [-0.15, -0.1) is 11.8 Å². The summed E-state index contributed by atoms with van der Waals surface area (Å²) in [5.41, 5.74) is -2.13. The molecule has 39 heavy (non-hydrogen) atoms. The molecule has 12 heteroatoms. The second-order valence-corrected chi connectivity index (χ2v) is 10.4. The summed E-state index contributed by atoms with van der Waals surface area (Å²) in [7, 11) is 0. The molecule has 1 aliphatic heterocycles. The first kappa shape index (κ1) is 28.8. The molecule has 1 saturated heterocycles. The number of allylic oxidation sites excluding steroid dienone is 1. The third-order valence-corrected chi connectivity index (χ3v) is 7.45. The molecular formula is C27H24F5N3O3S. The number of thioether (sulfide) groups is 1. The van der Waals surface area contributed by atoms with E-state index >= 15 is 0 Å². The van der Waals surface area contributed by atoms with Crippen molar-refractivity contribution in [2.24, 2.45) is 0 Å². The molecule has 0 unspecified atom stereocenters. The second kappa shape index (κ2) is 12.3. The molecule has 1 N–H and O–H groups in total. The van der Waals surface area contributed by atoms with Crippen molar-refractivity contribution in [3.63, 3.8) is 0 Å². The lowest BCUT2D eigenvalue weighted by Gasteiger charge is -2.37. The molecule has 0 amide bonds. The maximum Gasteiger partial charge on any atom is 0.416 e. The Kier molecular flexibility index (Phi) is 9.07. The summed E-state index contributed by atoms with van der Waals surface area (Å²) < 4.78 is 79.0. The van der Waals surface area contributed by atoms with Crippen molar-refractivity contribution >= 4 is 11.8 Å². The van der Waals surface area contributed by atoms with E-state index in [9.17, 15) is 27.1 Å². The van der Waals surface area contributed by atoms with Gasteiger partial charge in [-0.2, -0.15) is 18.3 Å². The standard InChI is InChI=1S/C27H24F5N3O3S/c1-18(26(36,15-35-17-33-16-34-35)23-11-10-21(28)12-24(23)29)39-22-13-37-25(38-14-22)5-3-2-4-19-6-8-20(9-7-19)27(30,31)32/h3,5-12,16-18,22,25,36H,13-15H2,1H3/b5-3+/t18-,22-,25-,26-/m1/s1. The van der Waals surface area contributed by atoms with Crippen LogP contribution in [0.15, 0.2) is 67.3 Å². The highest BCUT2D eigenvalue weighted by atomic mass is 32.2. The highest BCUT2D eigenvalue weighted by Crippen LogP contribution is 2.38. The average Bonchev–Trinajstić information content (AvgIpc) is 3.40. The minimum atomic E-state index is -4.40. The van der Waals surface area contributed by atoms with Gasteiger partial charge in [-0.3, -0.25) is 0 Å². The van der Waals surface area contributed by atoms with Crippen molar-refractivity contribution < 1.29 is 36.5 Å². The van der Waals surface area contributed by atoms with Crippen LogP contribution in [0.3, 0.4) is 0 Å². The second-order valence-electron chi connectivity index (χ2n) is 8.78. The Labute approximate surface area is 225 Å². The predicted molar refractivity (Wildman–Crippen MR) is 134 cm³/mol. The van der Waals surface area contributed by atoms with E-state index in [0.29, 0.717) is 5.56 Å².